The molecule has 1 saturated heterocycles. The van der Waals surface area contributed by atoms with Gasteiger partial charge < -0.3 is 26.0 Å². The fraction of sp³-hybridized carbons (Fsp3) is 0.368. The average molecular weight is 443 g/mol. The highest BCUT2D eigenvalue weighted by Gasteiger charge is 2.39. The zero-order valence-electron chi connectivity index (χ0n) is 16.8. The number of aryl methyl sites for hydroxylation is 1. The Morgan fingerprint density at radius 1 is 1.52 bits per heavy atom. The lowest BCUT2D eigenvalue weighted by atomic mass is 9.64. The van der Waals surface area contributed by atoms with Crippen molar-refractivity contribution in [1.29, 1.82) is 0 Å². The van der Waals surface area contributed by atoms with E-state index in [9.17, 15) is 19.4 Å². The van der Waals surface area contributed by atoms with Gasteiger partial charge in [0.05, 0.1) is 5.69 Å². The van der Waals surface area contributed by atoms with Gasteiger partial charge in [0, 0.05) is 30.7 Å². The summed E-state index contributed by atoms with van der Waals surface area (Å²) < 4.78 is 5.66. The van der Waals surface area contributed by atoms with Crippen LogP contribution in [-0.4, -0.2) is 53.0 Å². The number of nitrogens with one attached hydrogen (secondary N) is 2. The van der Waals surface area contributed by atoms with Crippen molar-refractivity contribution in [1.82, 2.24) is 20.5 Å². The molecule has 0 bridgehead atoms. The van der Waals surface area contributed by atoms with E-state index in [1.165, 1.54) is 0 Å². The first-order chi connectivity index (χ1) is 14.8. The molecule has 1 fully saturated rings. The highest BCUT2D eigenvalue weighted by Crippen LogP contribution is 2.36. The van der Waals surface area contributed by atoms with Crippen LogP contribution in [0.4, 0.5) is 14.7 Å². The summed E-state index contributed by atoms with van der Waals surface area (Å²) in [6.07, 6.45) is 0.404. The minimum absolute atomic E-state index is 0.0525. The number of nitrogens with zero attached hydrogens (tertiary/aromatic N) is 2. The maximum absolute atomic E-state index is 13.2. The summed E-state index contributed by atoms with van der Waals surface area (Å²) in [7, 11) is -1.15. The summed E-state index contributed by atoms with van der Waals surface area (Å²) in [4.78, 5) is 42.7. The van der Waals surface area contributed by atoms with Gasteiger partial charge >= 0.3 is 19.2 Å². The third-order valence-corrected chi connectivity index (χ3v) is 6.10. The Kier molecular flexibility index (Phi) is 5.83. The number of carbonyl (C=O) groups is 3. The maximum atomic E-state index is 13.2. The molecule has 1 unspecified atom stereocenters. The first kappa shape index (κ1) is 21.1. The number of nitrogen functional groups attached to an aromatic ring is 1. The number of carbonyl (C=O) groups excluding carboxylic acids is 3. The Bertz CT molecular complexity index is 1030. The van der Waals surface area contributed by atoms with Crippen LogP contribution in [0.5, 0.6) is 5.75 Å². The predicted octanol–water partition coefficient (Wildman–Crippen LogP) is 1.25. The van der Waals surface area contributed by atoms with Crippen molar-refractivity contribution in [3.8, 4) is 5.75 Å². The van der Waals surface area contributed by atoms with Crippen molar-refractivity contribution < 1.29 is 24.1 Å². The summed E-state index contributed by atoms with van der Waals surface area (Å²) in [6.45, 7) is 2.44. The molecule has 10 nitrogen and oxygen atoms in total. The fourth-order valence-corrected chi connectivity index (χ4v) is 4.40. The van der Waals surface area contributed by atoms with Crippen molar-refractivity contribution in [2.24, 2.45) is 0 Å². The second-order valence-corrected chi connectivity index (χ2v) is 8.47. The molecule has 0 aliphatic carbocycles. The second-order valence-electron chi connectivity index (χ2n) is 7.58. The molecule has 1 aromatic heterocycles. The van der Waals surface area contributed by atoms with Gasteiger partial charge in [-0.3, -0.25) is 4.79 Å². The quantitative estimate of drug-likeness (QED) is 0.509. The van der Waals surface area contributed by atoms with Gasteiger partial charge in [0.1, 0.15) is 11.8 Å². The molecular formula is C19H22BN5O5S. The van der Waals surface area contributed by atoms with Gasteiger partial charge in [-0.15, -0.1) is 11.3 Å². The van der Waals surface area contributed by atoms with Crippen LogP contribution in [0, 0.1) is 6.92 Å². The monoisotopic (exact) mass is 443 g/mol. The number of amides is 4. The van der Waals surface area contributed by atoms with Crippen LogP contribution in [0.1, 0.15) is 29.3 Å². The SMILES string of the molecule is Cc1cccc2c1OB(O)[C@@H](CC(=O)C(NC(=O)N1CCNC1=O)c1csc(N)n1)C2. The average Bonchev–Trinajstić information content (AvgIpc) is 3.35. The molecule has 12 heteroatoms. The Labute approximate surface area is 182 Å². The molecule has 2 aromatic rings. The van der Waals surface area contributed by atoms with E-state index < -0.39 is 31.0 Å². The number of aromatic nitrogens is 1. The van der Waals surface area contributed by atoms with Crippen LogP contribution in [0.2, 0.25) is 5.82 Å². The van der Waals surface area contributed by atoms with Gasteiger partial charge in [-0.1, -0.05) is 18.2 Å². The minimum Gasteiger partial charge on any atom is -0.536 e. The van der Waals surface area contributed by atoms with Gasteiger partial charge in [-0.05, 0) is 24.5 Å². The Hall–Kier alpha value is -3.12. The molecule has 0 saturated carbocycles. The Morgan fingerprint density at radius 2 is 2.32 bits per heavy atom. The molecule has 4 amide bonds. The number of nitrogens with two attached hydrogens (primary N) is 1. The van der Waals surface area contributed by atoms with E-state index in [0.29, 0.717) is 24.4 Å². The fourth-order valence-electron chi connectivity index (χ4n) is 3.81. The lowest BCUT2D eigenvalue weighted by Gasteiger charge is -2.29. The maximum Gasteiger partial charge on any atom is 0.526 e. The number of hydrogen-bond acceptors (Lipinski definition) is 8. The lowest BCUT2D eigenvalue weighted by molar-refractivity contribution is -0.121. The molecule has 31 heavy (non-hydrogen) atoms. The first-order valence-corrected chi connectivity index (χ1v) is 10.7. The van der Waals surface area contributed by atoms with E-state index in [2.05, 4.69) is 15.6 Å². The van der Waals surface area contributed by atoms with Crippen LogP contribution in [0.15, 0.2) is 23.6 Å². The van der Waals surface area contributed by atoms with Crippen molar-refractivity contribution >= 4 is 41.4 Å². The molecule has 3 heterocycles. The number of ketones is 1. The number of Topliss-reactive ketones (excluding diaryl/α,β-unsaturated/α-hetero) is 1. The molecule has 2 atom stereocenters. The smallest absolute Gasteiger partial charge is 0.526 e. The number of fused-ring (bicyclic) bond motifs is 1. The number of thiazole rings is 1. The minimum atomic E-state index is -1.15. The van der Waals surface area contributed by atoms with Gasteiger partial charge in [-0.25, -0.2) is 19.5 Å². The number of benzene rings is 1. The molecule has 5 N–H and O–H groups in total. The van der Waals surface area contributed by atoms with E-state index in [1.54, 1.807) is 5.38 Å². The number of rotatable bonds is 5. The highest BCUT2D eigenvalue weighted by atomic mass is 32.1. The third kappa shape index (κ3) is 4.35. The van der Waals surface area contributed by atoms with Gasteiger partial charge in [0.25, 0.3) is 0 Å². The summed E-state index contributed by atoms with van der Waals surface area (Å²) in [6, 6.07) is 3.38. The van der Waals surface area contributed by atoms with Gasteiger partial charge in [0.2, 0.25) is 0 Å². The summed E-state index contributed by atoms with van der Waals surface area (Å²) >= 11 is 1.15. The number of urea groups is 2. The van der Waals surface area contributed by atoms with E-state index >= 15 is 0 Å². The van der Waals surface area contributed by atoms with Gasteiger partial charge in [0.15, 0.2) is 10.9 Å². The van der Waals surface area contributed by atoms with Gasteiger partial charge in [-0.2, -0.15) is 0 Å². The Balaban J connectivity index is 1.52. The molecule has 0 radical (unpaired) electrons. The van der Waals surface area contributed by atoms with Crippen molar-refractivity contribution in [3.63, 3.8) is 0 Å². The molecule has 4 rings (SSSR count). The molecule has 2 aliphatic heterocycles. The van der Waals surface area contributed by atoms with Crippen LogP contribution < -0.4 is 21.0 Å². The predicted molar refractivity (Wildman–Crippen MR) is 115 cm³/mol. The van der Waals surface area contributed by atoms with E-state index in [-0.39, 0.29) is 23.9 Å². The van der Waals surface area contributed by atoms with E-state index in [4.69, 9.17) is 10.4 Å². The van der Waals surface area contributed by atoms with Crippen molar-refractivity contribution in [2.45, 2.75) is 31.6 Å². The largest absolute Gasteiger partial charge is 0.536 e. The zero-order valence-corrected chi connectivity index (χ0v) is 17.6. The molecule has 162 valence electrons. The van der Waals surface area contributed by atoms with Crippen LogP contribution in [-0.2, 0) is 11.2 Å². The standard InChI is InChI=1S/C19H22BN5O5S/c1-10-3-2-4-11-7-12(20(29)30-16(10)11)8-14(26)15(13-9-31-17(21)23-13)24-19(28)25-6-5-22-18(25)27/h2-4,9,12,15,29H,5-8H2,1H3,(H2,21,23)(H,22,27)(H,24,28)/t12-,15?/m1/s1. The summed E-state index contributed by atoms with van der Waals surface area (Å²) in [5, 5.41) is 17.5. The second kappa shape index (κ2) is 8.56. The van der Waals surface area contributed by atoms with Crippen molar-refractivity contribution in [3.05, 3.63) is 40.4 Å². The normalized spacial score (nSPS) is 18.8. The molecule has 0 spiro atoms. The number of hydrogen-bond donors (Lipinski definition) is 4. The molecule has 1 aromatic carbocycles. The van der Waals surface area contributed by atoms with Crippen LogP contribution in [0.3, 0.4) is 0 Å². The zero-order chi connectivity index (χ0) is 22.1. The van der Waals surface area contributed by atoms with Crippen molar-refractivity contribution in [2.75, 3.05) is 18.8 Å². The number of imide groups is 1. The molecule has 2 aliphatic rings. The van der Waals surface area contributed by atoms with Crippen LogP contribution in [0.25, 0.3) is 0 Å². The highest BCUT2D eigenvalue weighted by molar-refractivity contribution is 7.13. The Morgan fingerprint density at radius 3 is 3.00 bits per heavy atom. The number of anilines is 1. The topological polar surface area (TPSA) is 147 Å². The summed E-state index contributed by atoms with van der Waals surface area (Å²) in [5.41, 5.74) is 7.83. The molecular weight excluding hydrogens is 421 g/mol. The lowest BCUT2D eigenvalue weighted by Crippen LogP contribution is -2.46. The summed E-state index contributed by atoms with van der Waals surface area (Å²) in [5.74, 6) is -0.217. The van der Waals surface area contributed by atoms with Crippen LogP contribution >= 0.6 is 11.3 Å². The van der Waals surface area contributed by atoms with E-state index in [1.807, 2.05) is 25.1 Å². The number of para-hydroxylation sites is 1. The van der Waals surface area contributed by atoms with E-state index in [0.717, 1.165) is 27.4 Å². The third-order valence-electron chi connectivity index (χ3n) is 5.41. The first-order valence-electron chi connectivity index (χ1n) is 9.86.